The summed E-state index contributed by atoms with van der Waals surface area (Å²) in [5, 5.41) is 5.71. The highest BCUT2D eigenvalue weighted by Gasteiger charge is 2.47. The molecule has 6 rings (SSSR count). The number of nitrogens with one attached hydrogen (secondary N) is 4. The number of halogens is 5. The highest BCUT2D eigenvalue weighted by molar-refractivity contribution is 5.92. The maximum Gasteiger partial charge on any atom is 0.271 e. The molecule has 10 nitrogen and oxygen atoms in total. The Labute approximate surface area is 315 Å². The van der Waals surface area contributed by atoms with Crippen LogP contribution in [0.4, 0.5) is 22.0 Å². The Kier molecular flexibility index (Phi) is 10.8. The quantitative estimate of drug-likeness (QED) is 0.120. The van der Waals surface area contributed by atoms with Gasteiger partial charge in [0.05, 0.1) is 35.5 Å². The number of alkyl halides is 4. The summed E-state index contributed by atoms with van der Waals surface area (Å²) in [7, 11) is 0. The van der Waals surface area contributed by atoms with Crippen LogP contribution in [0.5, 0.6) is 0 Å². The van der Waals surface area contributed by atoms with Crippen molar-refractivity contribution in [3.8, 4) is 33.6 Å². The number of hydrogen-bond acceptors (Lipinski definition) is 6. The monoisotopic (exact) mass is 768 g/mol. The van der Waals surface area contributed by atoms with E-state index in [0.29, 0.717) is 45.4 Å². The topological polar surface area (TPSA) is 134 Å². The molecule has 4 aromatic rings. The standard InChI is InChI=1S/C40H45F5N6O4/c1-22(2)31(50-35(52)37(5)13-15-39(42,43)20-54-37)33-46-18-29(48-33)25-9-7-24(8-10-25)27-12-11-26(17-28(27)41)30-19-47-34(49-30)32(23(3)4)51-36(53)38(6)14-16-40(44,45)21-55-38/h7-12,17-19,23,32H,13-16,20-21H2,1-6H3,(H,46,48)(H,47,49)(H,50,52)(H,51,53)/t32-,37+,38+/m0/s1. The minimum atomic E-state index is -2.97. The van der Waals surface area contributed by atoms with E-state index in [4.69, 9.17) is 9.47 Å². The summed E-state index contributed by atoms with van der Waals surface area (Å²) in [6, 6.07) is 11.4. The summed E-state index contributed by atoms with van der Waals surface area (Å²) in [6.07, 6.45) is 2.01. The summed E-state index contributed by atoms with van der Waals surface area (Å²) in [6.45, 7) is 8.72. The van der Waals surface area contributed by atoms with Crippen LogP contribution in [0, 0.1) is 11.7 Å². The van der Waals surface area contributed by atoms with Gasteiger partial charge in [0.1, 0.15) is 36.1 Å². The van der Waals surface area contributed by atoms with Crippen LogP contribution in [0.2, 0.25) is 0 Å². The third kappa shape index (κ3) is 8.67. The molecule has 0 unspecified atom stereocenters. The Balaban J connectivity index is 1.13. The van der Waals surface area contributed by atoms with Gasteiger partial charge in [0.2, 0.25) is 0 Å². The van der Waals surface area contributed by atoms with Crippen LogP contribution >= 0.6 is 0 Å². The fourth-order valence-corrected chi connectivity index (χ4v) is 6.51. The van der Waals surface area contributed by atoms with Crippen LogP contribution < -0.4 is 10.6 Å². The van der Waals surface area contributed by atoms with Crippen molar-refractivity contribution in [3.05, 3.63) is 77.9 Å². The first-order valence-electron chi connectivity index (χ1n) is 18.1. The molecule has 2 aliphatic heterocycles. The predicted molar refractivity (Wildman–Crippen MR) is 196 cm³/mol. The molecule has 294 valence electrons. The molecule has 15 heteroatoms. The summed E-state index contributed by atoms with van der Waals surface area (Å²) < 4.78 is 80.9. The first-order chi connectivity index (χ1) is 25.8. The van der Waals surface area contributed by atoms with E-state index in [-0.39, 0.29) is 18.8 Å². The van der Waals surface area contributed by atoms with E-state index in [1.54, 1.807) is 50.5 Å². The maximum absolute atomic E-state index is 15.6. The van der Waals surface area contributed by atoms with Crippen molar-refractivity contribution in [1.29, 1.82) is 0 Å². The van der Waals surface area contributed by atoms with Crippen LogP contribution in [-0.4, -0.2) is 68.0 Å². The number of carbonyl (C=O) groups excluding carboxylic acids is 2. The molecular formula is C40H45F5N6O4. The van der Waals surface area contributed by atoms with Crippen molar-refractivity contribution >= 4 is 17.5 Å². The van der Waals surface area contributed by atoms with Crippen molar-refractivity contribution in [1.82, 2.24) is 30.6 Å². The van der Waals surface area contributed by atoms with Gasteiger partial charge in [0.25, 0.3) is 23.7 Å². The Bertz CT molecular complexity index is 2070. The number of rotatable bonds is 10. The number of aromatic nitrogens is 4. The molecule has 0 aliphatic carbocycles. The number of aromatic amines is 2. The lowest BCUT2D eigenvalue weighted by molar-refractivity contribution is -0.190. The average Bonchev–Trinajstić information content (AvgIpc) is 3.83. The Morgan fingerprint density at radius 2 is 1.31 bits per heavy atom. The van der Waals surface area contributed by atoms with E-state index in [2.05, 4.69) is 30.6 Å². The zero-order valence-corrected chi connectivity index (χ0v) is 31.5. The van der Waals surface area contributed by atoms with Crippen LogP contribution in [0.3, 0.4) is 0 Å². The van der Waals surface area contributed by atoms with Gasteiger partial charge in [-0.15, -0.1) is 0 Å². The molecule has 55 heavy (non-hydrogen) atoms. The van der Waals surface area contributed by atoms with Gasteiger partial charge in [0.15, 0.2) is 5.82 Å². The fourth-order valence-electron chi connectivity index (χ4n) is 6.51. The van der Waals surface area contributed by atoms with E-state index < -0.39 is 72.8 Å². The summed E-state index contributed by atoms with van der Waals surface area (Å²) in [4.78, 5) is 41.6. The van der Waals surface area contributed by atoms with Gasteiger partial charge in [0, 0.05) is 24.0 Å². The molecule has 0 saturated carbocycles. The van der Waals surface area contributed by atoms with Crippen LogP contribution in [0.25, 0.3) is 39.3 Å². The molecule has 0 bridgehead atoms. The highest BCUT2D eigenvalue weighted by atomic mass is 19.3. The number of hydrogen-bond donors (Lipinski definition) is 4. The number of amides is 2. The second-order valence-electron chi connectivity index (χ2n) is 15.4. The predicted octanol–water partition coefficient (Wildman–Crippen LogP) is 8.36. The third-order valence-electron chi connectivity index (χ3n) is 10.3. The largest absolute Gasteiger partial charge is 0.359 e. The molecule has 2 aromatic heterocycles. The average molecular weight is 769 g/mol. The lowest BCUT2D eigenvalue weighted by atomic mass is 9.92. The summed E-state index contributed by atoms with van der Waals surface area (Å²) >= 11 is 0. The lowest BCUT2D eigenvalue weighted by Crippen LogP contribution is -2.53. The van der Waals surface area contributed by atoms with Crippen molar-refractivity contribution < 1.29 is 41.0 Å². The van der Waals surface area contributed by atoms with Gasteiger partial charge in [-0.1, -0.05) is 50.2 Å². The van der Waals surface area contributed by atoms with E-state index in [0.717, 1.165) is 11.1 Å². The van der Waals surface area contributed by atoms with E-state index in [9.17, 15) is 27.2 Å². The third-order valence-corrected chi connectivity index (χ3v) is 10.3. The van der Waals surface area contributed by atoms with Crippen molar-refractivity contribution in [2.24, 2.45) is 5.92 Å². The van der Waals surface area contributed by atoms with Gasteiger partial charge in [-0.05, 0) is 69.2 Å². The molecular weight excluding hydrogens is 723 g/mol. The zero-order chi connectivity index (χ0) is 39.9. The van der Waals surface area contributed by atoms with Gasteiger partial charge in [-0.2, -0.15) is 0 Å². The van der Waals surface area contributed by atoms with Crippen molar-refractivity contribution in [3.63, 3.8) is 0 Å². The molecule has 2 saturated heterocycles. The summed E-state index contributed by atoms with van der Waals surface area (Å²) in [5.74, 6) is -6.75. The number of allylic oxidation sites excluding steroid dienone is 1. The Hall–Kier alpha value is -4.89. The zero-order valence-electron chi connectivity index (χ0n) is 31.5. The normalized spacial score (nSPS) is 22.5. The van der Waals surface area contributed by atoms with Crippen molar-refractivity contribution in [2.75, 3.05) is 13.2 Å². The van der Waals surface area contributed by atoms with Gasteiger partial charge in [-0.25, -0.2) is 31.9 Å². The molecule has 2 aliphatic rings. The van der Waals surface area contributed by atoms with Gasteiger partial charge in [-0.3, -0.25) is 9.59 Å². The van der Waals surface area contributed by atoms with Crippen LogP contribution in [-0.2, 0) is 19.1 Å². The Morgan fingerprint density at radius 1 is 0.764 bits per heavy atom. The molecule has 0 radical (unpaired) electrons. The van der Waals surface area contributed by atoms with E-state index in [1.165, 1.54) is 19.9 Å². The number of ether oxygens (including phenoxy) is 2. The second-order valence-corrected chi connectivity index (χ2v) is 15.4. The first-order valence-corrected chi connectivity index (χ1v) is 18.1. The van der Waals surface area contributed by atoms with E-state index in [1.807, 2.05) is 26.0 Å². The molecule has 2 amide bonds. The Morgan fingerprint density at radius 3 is 1.85 bits per heavy atom. The minimum absolute atomic E-state index is 0.118. The van der Waals surface area contributed by atoms with Crippen LogP contribution in [0.15, 0.2) is 60.4 Å². The maximum atomic E-state index is 15.6. The fraction of sp³-hybridized carbons (Fsp3) is 0.450. The van der Waals surface area contributed by atoms with Gasteiger partial charge < -0.3 is 30.1 Å². The highest BCUT2D eigenvalue weighted by Crippen LogP contribution is 2.37. The number of nitrogens with zero attached hydrogens (tertiary/aromatic N) is 2. The molecule has 3 atom stereocenters. The SMILES string of the molecule is CC(C)=C(NC(=O)[C@@]1(C)CCC(F)(F)CO1)c1ncc(-c2ccc(-c3ccc(-c4cnc([C@@H](NC(=O)[C@@]5(C)CCC(F)(F)CO5)C(C)C)[nH]4)cc3F)cc2)[nH]1. The number of carbonyl (C=O) groups is 2. The van der Waals surface area contributed by atoms with Crippen molar-refractivity contribution in [2.45, 2.75) is 96.3 Å². The lowest BCUT2D eigenvalue weighted by Gasteiger charge is -2.37. The van der Waals surface area contributed by atoms with Gasteiger partial charge >= 0.3 is 0 Å². The smallest absolute Gasteiger partial charge is 0.271 e. The minimum Gasteiger partial charge on any atom is -0.359 e. The number of benzene rings is 2. The summed E-state index contributed by atoms with van der Waals surface area (Å²) in [5.41, 5.74) is 1.78. The molecule has 0 spiro atoms. The first kappa shape index (κ1) is 39.8. The molecule has 4 heterocycles. The number of H-pyrrole nitrogens is 2. The van der Waals surface area contributed by atoms with E-state index >= 15 is 4.39 Å². The number of imidazole rings is 2. The molecule has 2 fully saturated rings. The second kappa shape index (κ2) is 15.0. The molecule has 2 aromatic carbocycles. The molecule has 4 N–H and O–H groups in total. The van der Waals surface area contributed by atoms with Crippen LogP contribution in [0.1, 0.15) is 84.9 Å².